The Labute approximate surface area is 115 Å². The van der Waals surface area contributed by atoms with Crippen molar-refractivity contribution in [2.45, 2.75) is 58.9 Å². The van der Waals surface area contributed by atoms with E-state index in [4.69, 9.17) is 0 Å². The summed E-state index contributed by atoms with van der Waals surface area (Å²) in [7, 11) is 0. The maximum absolute atomic E-state index is 4.17. The van der Waals surface area contributed by atoms with Crippen LogP contribution in [0.2, 0.25) is 0 Å². The van der Waals surface area contributed by atoms with Crippen molar-refractivity contribution in [3.05, 3.63) is 12.2 Å². The number of nitrogens with one attached hydrogen (secondary N) is 2. The number of aromatic amines is 1. The minimum atomic E-state index is 0.458. The molecule has 3 rings (SSSR count). The highest BCUT2D eigenvalue weighted by atomic mass is 15.2. The summed E-state index contributed by atoms with van der Waals surface area (Å²) in [6.07, 6.45) is 7.95. The number of aromatic nitrogens is 3. The lowest BCUT2D eigenvalue weighted by Gasteiger charge is -2.43. The maximum Gasteiger partial charge on any atom is 0.137 e. The molecule has 106 valence electrons. The van der Waals surface area contributed by atoms with Crippen LogP contribution in [0.25, 0.3) is 0 Å². The van der Waals surface area contributed by atoms with Crippen LogP contribution in [0.15, 0.2) is 6.33 Å². The number of nitrogens with zero attached hydrogens (tertiary/aromatic N) is 2. The van der Waals surface area contributed by atoms with Crippen LogP contribution in [0.1, 0.15) is 52.3 Å². The second-order valence-corrected chi connectivity index (χ2v) is 7.34. The zero-order chi connectivity index (χ0) is 13.5. The third-order valence-corrected chi connectivity index (χ3v) is 5.67. The fourth-order valence-electron chi connectivity index (χ4n) is 4.66. The summed E-state index contributed by atoms with van der Waals surface area (Å²) in [5, 5.41) is 10.7. The van der Waals surface area contributed by atoms with E-state index in [-0.39, 0.29) is 0 Å². The van der Waals surface area contributed by atoms with Crippen LogP contribution in [0.4, 0.5) is 0 Å². The Balaban J connectivity index is 1.52. The van der Waals surface area contributed by atoms with Gasteiger partial charge in [0.2, 0.25) is 0 Å². The third-order valence-electron chi connectivity index (χ3n) is 5.67. The SMILES string of the molecule is CC1(C)C(NCCCc2ncn[nH]2)[C@]2(C)CC[C@H]1C2. The number of rotatable bonds is 5. The van der Waals surface area contributed by atoms with E-state index in [9.17, 15) is 0 Å². The fourth-order valence-corrected chi connectivity index (χ4v) is 4.66. The van der Waals surface area contributed by atoms with E-state index in [0.29, 0.717) is 16.9 Å². The minimum absolute atomic E-state index is 0.458. The van der Waals surface area contributed by atoms with Crippen molar-refractivity contribution in [1.29, 1.82) is 0 Å². The van der Waals surface area contributed by atoms with Gasteiger partial charge in [-0.15, -0.1) is 0 Å². The van der Waals surface area contributed by atoms with E-state index in [0.717, 1.165) is 31.1 Å². The molecular weight excluding hydrogens is 236 g/mol. The first kappa shape index (κ1) is 13.1. The Bertz CT molecular complexity index is 421. The van der Waals surface area contributed by atoms with E-state index in [1.807, 2.05) is 0 Å². The molecule has 0 aliphatic heterocycles. The van der Waals surface area contributed by atoms with Gasteiger partial charge in [0.15, 0.2) is 0 Å². The number of aryl methyl sites for hydroxylation is 1. The van der Waals surface area contributed by atoms with Gasteiger partial charge in [-0.3, -0.25) is 5.10 Å². The van der Waals surface area contributed by atoms with Crippen molar-refractivity contribution in [3.63, 3.8) is 0 Å². The van der Waals surface area contributed by atoms with Gasteiger partial charge >= 0.3 is 0 Å². The predicted octanol–water partition coefficient (Wildman–Crippen LogP) is 2.54. The van der Waals surface area contributed by atoms with Crippen molar-refractivity contribution in [1.82, 2.24) is 20.5 Å². The molecule has 3 atom stereocenters. The van der Waals surface area contributed by atoms with Gasteiger partial charge in [0.1, 0.15) is 12.2 Å². The van der Waals surface area contributed by atoms with Crippen LogP contribution in [0.3, 0.4) is 0 Å². The molecule has 2 bridgehead atoms. The Hall–Kier alpha value is -0.900. The highest BCUT2D eigenvalue weighted by Gasteiger charge is 2.58. The molecule has 0 amide bonds. The zero-order valence-electron chi connectivity index (χ0n) is 12.4. The van der Waals surface area contributed by atoms with E-state index >= 15 is 0 Å². The molecule has 0 aromatic carbocycles. The largest absolute Gasteiger partial charge is 0.313 e. The monoisotopic (exact) mass is 262 g/mol. The van der Waals surface area contributed by atoms with Crippen molar-refractivity contribution >= 4 is 0 Å². The van der Waals surface area contributed by atoms with Crippen molar-refractivity contribution in [3.8, 4) is 0 Å². The lowest BCUT2D eigenvalue weighted by molar-refractivity contribution is 0.109. The molecular formula is C15H26N4. The van der Waals surface area contributed by atoms with Gasteiger partial charge in [0.25, 0.3) is 0 Å². The lowest BCUT2D eigenvalue weighted by Crippen LogP contribution is -2.50. The molecule has 0 saturated heterocycles. The second-order valence-electron chi connectivity index (χ2n) is 7.34. The molecule has 4 heteroatoms. The molecule has 1 unspecified atom stereocenters. The molecule has 2 saturated carbocycles. The quantitative estimate of drug-likeness (QED) is 0.802. The highest BCUT2D eigenvalue weighted by Crippen LogP contribution is 2.62. The molecule has 2 N–H and O–H groups in total. The van der Waals surface area contributed by atoms with Crippen LogP contribution in [-0.4, -0.2) is 27.8 Å². The summed E-state index contributed by atoms with van der Waals surface area (Å²) in [6, 6.07) is 0.675. The lowest BCUT2D eigenvalue weighted by atomic mass is 9.68. The molecule has 0 radical (unpaired) electrons. The Kier molecular flexibility index (Phi) is 3.16. The first-order chi connectivity index (χ1) is 9.02. The average Bonchev–Trinajstić information content (AvgIpc) is 3.01. The van der Waals surface area contributed by atoms with Gasteiger partial charge in [0, 0.05) is 12.5 Å². The molecule has 2 fully saturated rings. The van der Waals surface area contributed by atoms with Gasteiger partial charge in [-0.05, 0) is 49.0 Å². The molecule has 0 spiro atoms. The van der Waals surface area contributed by atoms with E-state index in [1.54, 1.807) is 6.33 Å². The van der Waals surface area contributed by atoms with Gasteiger partial charge in [-0.25, -0.2) is 4.98 Å². The Morgan fingerprint density at radius 2 is 2.26 bits per heavy atom. The standard InChI is InChI=1S/C15H26N4/c1-14(2)11-6-7-15(3,9-11)13(14)16-8-4-5-12-17-10-18-19-12/h10-11,13,16H,4-9H2,1-3H3,(H,17,18,19)/t11-,13?,15+/m0/s1. The fraction of sp³-hybridized carbons (Fsp3) is 0.867. The van der Waals surface area contributed by atoms with Crippen molar-refractivity contribution in [2.24, 2.45) is 16.7 Å². The number of hydrogen-bond donors (Lipinski definition) is 2. The van der Waals surface area contributed by atoms with Crippen molar-refractivity contribution in [2.75, 3.05) is 6.54 Å². The maximum atomic E-state index is 4.17. The van der Waals surface area contributed by atoms with Crippen molar-refractivity contribution < 1.29 is 0 Å². The molecule has 1 aromatic heterocycles. The summed E-state index contributed by atoms with van der Waals surface area (Å²) in [5.41, 5.74) is 0.986. The predicted molar refractivity (Wildman–Crippen MR) is 75.7 cm³/mol. The van der Waals surface area contributed by atoms with Crippen LogP contribution < -0.4 is 5.32 Å². The molecule has 1 aromatic rings. The van der Waals surface area contributed by atoms with Gasteiger partial charge in [-0.1, -0.05) is 20.8 Å². The Morgan fingerprint density at radius 1 is 1.42 bits per heavy atom. The number of H-pyrrole nitrogens is 1. The summed E-state index contributed by atoms with van der Waals surface area (Å²) in [6.45, 7) is 8.47. The molecule has 4 nitrogen and oxygen atoms in total. The van der Waals surface area contributed by atoms with E-state index in [1.165, 1.54) is 19.3 Å². The smallest absolute Gasteiger partial charge is 0.137 e. The molecule has 2 aliphatic carbocycles. The first-order valence-electron chi connectivity index (χ1n) is 7.60. The second kappa shape index (κ2) is 4.58. The van der Waals surface area contributed by atoms with Gasteiger partial charge < -0.3 is 5.32 Å². The van der Waals surface area contributed by atoms with Gasteiger partial charge in [0.05, 0.1) is 0 Å². The molecule has 19 heavy (non-hydrogen) atoms. The van der Waals surface area contributed by atoms with E-state index < -0.39 is 0 Å². The van der Waals surface area contributed by atoms with Crippen LogP contribution in [-0.2, 0) is 6.42 Å². The topological polar surface area (TPSA) is 53.6 Å². The van der Waals surface area contributed by atoms with Crippen LogP contribution in [0, 0.1) is 16.7 Å². The highest BCUT2D eigenvalue weighted by molar-refractivity contribution is 5.11. The molecule has 2 aliphatic rings. The average molecular weight is 262 g/mol. The van der Waals surface area contributed by atoms with Gasteiger partial charge in [-0.2, -0.15) is 5.10 Å². The minimum Gasteiger partial charge on any atom is -0.313 e. The summed E-state index contributed by atoms with van der Waals surface area (Å²) < 4.78 is 0. The normalized spacial score (nSPS) is 35.9. The molecule has 1 heterocycles. The Morgan fingerprint density at radius 3 is 2.89 bits per heavy atom. The number of hydrogen-bond acceptors (Lipinski definition) is 3. The summed E-state index contributed by atoms with van der Waals surface area (Å²) in [5.74, 6) is 1.92. The number of fused-ring (bicyclic) bond motifs is 2. The van der Waals surface area contributed by atoms with Crippen LogP contribution in [0.5, 0.6) is 0 Å². The summed E-state index contributed by atoms with van der Waals surface area (Å²) >= 11 is 0. The zero-order valence-corrected chi connectivity index (χ0v) is 12.4. The van der Waals surface area contributed by atoms with E-state index in [2.05, 4.69) is 41.3 Å². The third kappa shape index (κ3) is 2.20. The van der Waals surface area contributed by atoms with Crippen LogP contribution >= 0.6 is 0 Å². The first-order valence-corrected chi connectivity index (χ1v) is 7.60. The summed E-state index contributed by atoms with van der Waals surface area (Å²) in [4.78, 5) is 4.17.